The van der Waals surface area contributed by atoms with Gasteiger partial charge in [-0.2, -0.15) is 9.78 Å². The third-order valence-corrected chi connectivity index (χ3v) is 4.30. The number of fused-ring (bicyclic) bond motifs is 1. The molecule has 2 N–H and O–H groups in total. The number of phenols is 1. The lowest BCUT2D eigenvalue weighted by molar-refractivity contribution is 0.0960. The molecule has 0 saturated heterocycles. The number of rotatable bonds is 4. The number of amides is 1. The first-order chi connectivity index (χ1) is 14.6. The molecule has 2 heterocycles. The summed E-state index contributed by atoms with van der Waals surface area (Å²) >= 11 is 0. The number of hydrogen-bond donors (Lipinski definition) is 2. The smallest absolute Gasteiger partial charge is 0.254 e. The molecule has 0 fully saturated rings. The second-order valence-corrected chi connectivity index (χ2v) is 6.05. The number of carbonyl (C=O) groups excluding carboxylic acids is 1. The first-order valence-corrected chi connectivity index (χ1v) is 8.75. The van der Waals surface area contributed by atoms with Crippen molar-refractivity contribution in [3.8, 4) is 11.7 Å². The van der Waals surface area contributed by atoms with Crippen LogP contribution >= 0.6 is 0 Å². The first kappa shape index (κ1) is 18.7. The van der Waals surface area contributed by atoms with E-state index in [-0.39, 0.29) is 34.5 Å². The summed E-state index contributed by atoms with van der Waals surface area (Å²) < 4.78 is 1.28. The number of nitrogens with zero attached hydrogens (tertiary/aromatic N) is 7. The highest BCUT2D eigenvalue weighted by atomic mass is 16.3. The van der Waals surface area contributed by atoms with Crippen LogP contribution < -0.4 is 5.32 Å². The number of nitrogens with one attached hydrogen (secondary N) is 1. The van der Waals surface area contributed by atoms with E-state index in [0.717, 1.165) is 0 Å². The van der Waals surface area contributed by atoms with Gasteiger partial charge in [0.1, 0.15) is 5.69 Å². The summed E-state index contributed by atoms with van der Waals surface area (Å²) in [6, 6.07) is 10.4. The van der Waals surface area contributed by atoms with Crippen LogP contribution in [0, 0.1) is 6.57 Å². The largest absolute Gasteiger partial charge is 0.505 e. The highest BCUT2D eigenvalue weighted by Crippen LogP contribution is 2.40. The molecule has 2 aromatic carbocycles. The van der Waals surface area contributed by atoms with Crippen molar-refractivity contribution in [2.45, 2.75) is 0 Å². The second kappa shape index (κ2) is 7.76. The van der Waals surface area contributed by atoms with Gasteiger partial charge in [0, 0.05) is 24.8 Å². The van der Waals surface area contributed by atoms with E-state index in [1.807, 2.05) is 6.07 Å². The fourth-order valence-electron chi connectivity index (χ4n) is 2.88. The summed E-state index contributed by atoms with van der Waals surface area (Å²) in [4.78, 5) is 23.8. The average Bonchev–Trinajstić information content (AvgIpc) is 3.21. The molecule has 2 aromatic heterocycles. The summed E-state index contributed by atoms with van der Waals surface area (Å²) in [5, 5.41) is 27.0. The fraction of sp³-hybridized carbons (Fsp3) is 0.0500. The van der Waals surface area contributed by atoms with Gasteiger partial charge in [-0.3, -0.25) is 4.79 Å². The second-order valence-electron chi connectivity index (χ2n) is 6.05. The zero-order chi connectivity index (χ0) is 21.1. The Hall–Kier alpha value is -4.65. The Morgan fingerprint density at radius 3 is 2.70 bits per heavy atom. The highest BCUT2D eigenvalue weighted by molar-refractivity contribution is 6.06. The van der Waals surface area contributed by atoms with E-state index < -0.39 is 5.91 Å². The van der Waals surface area contributed by atoms with Crippen molar-refractivity contribution in [1.82, 2.24) is 25.1 Å². The molecule has 0 bridgehead atoms. The molecular weight excluding hydrogens is 384 g/mol. The molecule has 0 saturated carbocycles. The van der Waals surface area contributed by atoms with E-state index in [0.29, 0.717) is 10.8 Å². The van der Waals surface area contributed by atoms with Crippen molar-refractivity contribution in [3.05, 3.63) is 72.0 Å². The highest BCUT2D eigenvalue weighted by Gasteiger charge is 2.19. The van der Waals surface area contributed by atoms with Gasteiger partial charge in [-0.05, 0) is 17.5 Å². The Labute approximate surface area is 170 Å². The number of phenolic OH excluding ortho intramolecular Hbond substituents is 1. The van der Waals surface area contributed by atoms with Crippen molar-refractivity contribution in [2.24, 2.45) is 10.2 Å². The molecule has 0 aliphatic carbocycles. The molecule has 0 radical (unpaired) electrons. The zero-order valence-corrected chi connectivity index (χ0v) is 15.7. The van der Waals surface area contributed by atoms with Crippen LogP contribution in [-0.4, -0.2) is 37.8 Å². The van der Waals surface area contributed by atoms with Crippen molar-refractivity contribution in [1.29, 1.82) is 0 Å². The maximum absolute atomic E-state index is 12.2. The Morgan fingerprint density at radius 1 is 1.20 bits per heavy atom. The minimum atomic E-state index is -0.459. The van der Waals surface area contributed by atoms with Crippen molar-refractivity contribution >= 4 is 33.9 Å². The molecule has 0 aliphatic rings. The van der Waals surface area contributed by atoms with Crippen LogP contribution in [0.15, 0.2) is 65.2 Å². The molecule has 146 valence electrons. The van der Waals surface area contributed by atoms with Gasteiger partial charge < -0.3 is 10.4 Å². The average molecular weight is 398 g/mol. The summed E-state index contributed by atoms with van der Waals surface area (Å²) in [5.41, 5.74) is 0.303. The molecule has 30 heavy (non-hydrogen) atoms. The normalized spacial score (nSPS) is 10.9. The number of carbonyl (C=O) groups is 1. The third-order valence-electron chi connectivity index (χ3n) is 4.30. The SMILES string of the molecule is [C-]#[N+]c1cnn(-c2ncccn2)c1/N=N/c1c(O)c(C(=O)NC)cc2ccccc12. The number of aromatic nitrogens is 4. The predicted molar refractivity (Wildman–Crippen MR) is 109 cm³/mol. The maximum atomic E-state index is 12.2. The number of azo groups is 1. The lowest BCUT2D eigenvalue weighted by atomic mass is 10.0. The summed E-state index contributed by atoms with van der Waals surface area (Å²) in [6.07, 6.45) is 4.40. The van der Waals surface area contributed by atoms with Gasteiger partial charge in [-0.15, -0.1) is 10.2 Å². The van der Waals surface area contributed by atoms with Crippen molar-refractivity contribution < 1.29 is 9.90 Å². The maximum Gasteiger partial charge on any atom is 0.254 e. The molecule has 0 atom stereocenters. The van der Waals surface area contributed by atoms with Gasteiger partial charge in [0.05, 0.1) is 18.3 Å². The minimum Gasteiger partial charge on any atom is -0.505 e. The number of hydrogen-bond acceptors (Lipinski definition) is 7. The number of aromatic hydroxyl groups is 1. The lowest BCUT2D eigenvalue weighted by Gasteiger charge is -2.09. The van der Waals surface area contributed by atoms with Crippen LogP contribution in [0.5, 0.6) is 5.75 Å². The molecular formula is C20H14N8O2. The van der Waals surface area contributed by atoms with Crippen molar-refractivity contribution in [3.63, 3.8) is 0 Å². The van der Waals surface area contributed by atoms with E-state index >= 15 is 0 Å². The lowest BCUT2D eigenvalue weighted by Crippen LogP contribution is -2.17. The molecule has 4 rings (SSSR count). The Kier molecular flexibility index (Phi) is 4.84. The monoisotopic (exact) mass is 398 g/mol. The molecule has 0 spiro atoms. The predicted octanol–water partition coefficient (Wildman–Crippen LogP) is 3.85. The summed E-state index contributed by atoms with van der Waals surface area (Å²) in [6.45, 7) is 7.36. The molecule has 10 nitrogen and oxygen atoms in total. The first-order valence-electron chi connectivity index (χ1n) is 8.75. The van der Waals surface area contributed by atoms with Gasteiger partial charge in [-0.1, -0.05) is 24.3 Å². The summed E-state index contributed by atoms with van der Waals surface area (Å²) in [7, 11) is 1.47. The van der Waals surface area contributed by atoms with Gasteiger partial charge in [0.25, 0.3) is 17.5 Å². The van der Waals surface area contributed by atoms with Crippen LogP contribution in [-0.2, 0) is 0 Å². The van der Waals surface area contributed by atoms with Crippen LogP contribution in [0.4, 0.5) is 17.2 Å². The standard InChI is InChI=1S/C20H14N8O2/c1-21-15-11-25-28(20-23-8-5-9-24-20)18(15)27-26-16-13-7-4-3-6-12(13)10-14(17(16)29)19(30)22-2/h3-11,29H,2H3,(H,22,30)/b27-26+. The van der Waals surface area contributed by atoms with Gasteiger partial charge in [0.15, 0.2) is 11.6 Å². The van der Waals surface area contributed by atoms with E-state index in [2.05, 4.69) is 35.5 Å². The Morgan fingerprint density at radius 2 is 1.97 bits per heavy atom. The van der Waals surface area contributed by atoms with Gasteiger partial charge >= 0.3 is 0 Å². The van der Waals surface area contributed by atoms with E-state index in [4.69, 9.17) is 6.57 Å². The summed E-state index contributed by atoms with van der Waals surface area (Å²) in [5.74, 6) is -0.456. The Bertz CT molecular complexity index is 1320. The topological polar surface area (TPSA) is 122 Å². The van der Waals surface area contributed by atoms with Gasteiger partial charge in [0.2, 0.25) is 0 Å². The van der Waals surface area contributed by atoms with E-state index in [1.165, 1.54) is 30.3 Å². The van der Waals surface area contributed by atoms with Gasteiger partial charge in [-0.25, -0.2) is 14.8 Å². The third kappa shape index (κ3) is 3.20. The molecule has 0 unspecified atom stereocenters. The van der Waals surface area contributed by atoms with E-state index in [9.17, 15) is 9.90 Å². The molecule has 0 aliphatic heterocycles. The minimum absolute atomic E-state index is 0.0652. The molecule has 10 heteroatoms. The quantitative estimate of drug-likeness (QED) is 0.399. The van der Waals surface area contributed by atoms with Crippen LogP contribution in [0.1, 0.15) is 10.4 Å². The molecule has 1 amide bonds. The fourth-order valence-corrected chi connectivity index (χ4v) is 2.88. The van der Waals surface area contributed by atoms with Crippen LogP contribution in [0.2, 0.25) is 0 Å². The molecule has 4 aromatic rings. The number of benzene rings is 2. The van der Waals surface area contributed by atoms with Crippen molar-refractivity contribution in [2.75, 3.05) is 7.05 Å². The zero-order valence-electron chi connectivity index (χ0n) is 15.7. The Balaban J connectivity index is 1.90. The van der Waals surface area contributed by atoms with Crippen LogP contribution in [0.25, 0.3) is 21.6 Å². The van der Waals surface area contributed by atoms with Crippen LogP contribution in [0.3, 0.4) is 0 Å². The van der Waals surface area contributed by atoms with E-state index in [1.54, 1.807) is 30.3 Å².